The molecule has 18 heavy (non-hydrogen) atoms. The SMILES string of the molecule is CC(C)SC1CC(=O)N(C(C)(C)SC(C)C)C1=O. The molecule has 1 saturated heterocycles. The van der Waals surface area contributed by atoms with Gasteiger partial charge in [-0.15, -0.1) is 23.5 Å². The molecule has 1 atom stereocenters. The van der Waals surface area contributed by atoms with Crippen molar-refractivity contribution in [2.45, 2.75) is 68.6 Å². The van der Waals surface area contributed by atoms with Crippen molar-refractivity contribution in [1.82, 2.24) is 4.90 Å². The standard InChI is InChI=1S/C13H23NO2S2/c1-8(2)17-10-7-11(15)14(12(10)16)13(5,6)18-9(3)4/h8-10H,7H2,1-6H3. The second-order valence-electron chi connectivity index (χ2n) is 5.56. The Morgan fingerprint density at radius 3 is 2.17 bits per heavy atom. The highest BCUT2D eigenvalue weighted by Crippen LogP contribution is 2.39. The summed E-state index contributed by atoms with van der Waals surface area (Å²) in [5.41, 5.74) is 0. The van der Waals surface area contributed by atoms with Crippen LogP contribution in [-0.2, 0) is 9.59 Å². The molecule has 0 saturated carbocycles. The van der Waals surface area contributed by atoms with E-state index in [-0.39, 0.29) is 17.1 Å². The van der Waals surface area contributed by atoms with Crippen LogP contribution in [0, 0.1) is 0 Å². The number of hydrogen-bond donors (Lipinski definition) is 0. The maximum atomic E-state index is 12.4. The van der Waals surface area contributed by atoms with E-state index in [1.165, 1.54) is 4.90 Å². The Kier molecular flexibility index (Phi) is 5.18. The fourth-order valence-electron chi connectivity index (χ4n) is 2.23. The van der Waals surface area contributed by atoms with Gasteiger partial charge in [-0.25, -0.2) is 0 Å². The summed E-state index contributed by atoms with van der Waals surface area (Å²) in [5.74, 6) is -0.0480. The highest BCUT2D eigenvalue weighted by molar-refractivity contribution is 8.01. The highest BCUT2D eigenvalue weighted by Gasteiger charge is 2.46. The number of imide groups is 1. The molecule has 2 amide bonds. The topological polar surface area (TPSA) is 37.4 Å². The summed E-state index contributed by atoms with van der Waals surface area (Å²) in [6, 6.07) is 0. The van der Waals surface area contributed by atoms with Crippen LogP contribution in [0.1, 0.15) is 48.0 Å². The van der Waals surface area contributed by atoms with Crippen LogP contribution in [0.25, 0.3) is 0 Å². The minimum atomic E-state index is -0.450. The number of thioether (sulfide) groups is 2. The molecule has 5 heteroatoms. The van der Waals surface area contributed by atoms with E-state index in [1.54, 1.807) is 23.5 Å². The Labute approximate surface area is 118 Å². The van der Waals surface area contributed by atoms with Crippen LogP contribution in [-0.4, -0.2) is 37.3 Å². The molecule has 1 heterocycles. The molecule has 1 fully saturated rings. The smallest absolute Gasteiger partial charge is 0.243 e. The first-order valence-electron chi connectivity index (χ1n) is 6.35. The molecule has 0 aromatic heterocycles. The Hall–Kier alpha value is -0.160. The van der Waals surface area contributed by atoms with Crippen LogP contribution in [0.3, 0.4) is 0 Å². The number of amides is 2. The normalized spacial score (nSPS) is 21.6. The first-order chi connectivity index (χ1) is 8.15. The summed E-state index contributed by atoms with van der Waals surface area (Å²) in [5, 5.41) is 0.564. The first kappa shape index (κ1) is 15.9. The zero-order valence-electron chi connectivity index (χ0n) is 12.0. The lowest BCUT2D eigenvalue weighted by Crippen LogP contribution is -2.46. The molecule has 0 spiro atoms. The fourth-order valence-corrected chi connectivity index (χ4v) is 4.80. The molecule has 0 aromatic carbocycles. The van der Waals surface area contributed by atoms with E-state index >= 15 is 0 Å². The second kappa shape index (κ2) is 5.87. The van der Waals surface area contributed by atoms with E-state index in [1.807, 2.05) is 13.8 Å². The lowest BCUT2D eigenvalue weighted by atomic mass is 10.3. The Balaban J connectivity index is 2.84. The van der Waals surface area contributed by atoms with Crippen molar-refractivity contribution in [2.24, 2.45) is 0 Å². The summed E-state index contributed by atoms with van der Waals surface area (Å²) < 4.78 is 0. The van der Waals surface area contributed by atoms with Crippen molar-refractivity contribution in [3.63, 3.8) is 0 Å². The quantitative estimate of drug-likeness (QED) is 0.729. The Bertz CT molecular complexity index is 340. The van der Waals surface area contributed by atoms with E-state index in [0.717, 1.165) is 0 Å². The van der Waals surface area contributed by atoms with E-state index < -0.39 is 4.87 Å². The van der Waals surface area contributed by atoms with Crippen molar-refractivity contribution in [3.8, 4) is 0 Å². The molecule has 104 valence electrons. The number of carbonyl (C=O) groups excluding carboxylic acids is 2. The van der Waals surface area contributed by atoms with Gasteiger partial charge < -0.3 is 0 Å². The molecular weight excluding hydrogens is 266 g/mol. The van der Waals surface area contributed by atoms with Gasteiger partial charge in [-0.05, 0) is 19.1 Å². The number of rotatable bonds is 5. The fraction of sp³-hybridized carbons (Fsp3) is 0.846. The van der Waals surface area contributed by atoms with Gasteiger partial charge in [-0.3, -0.25) is 14.5 Å². The number of likely N-dealkylation sites (tertiary alicyclic amines) is 1. The monoisotopic (exact) mass is 289 g/mol. The van der Waals surface area contributed by atoms with Crippen molar-refractivity contribution in [1.29, 1.82) is 0 Å². The van der Waals surface area contributed by atoms with Gasteiger partial charge in [0.15, 0.2) is 0 Å². The summed E-state index contributed by atoms with van der Waals surface area (Å²) >= 11 is 3.25. The third kappa shape index (κ3) is 3.67. The largest absolute Gasteiger partial charge is 0.274 e. The summed E-state index contributed by atoms with van der Waals surface area (Å²) in [6.07, 6.45) is 0.351. The zero-order valence-corrected chi connectivity index (χ0v) is 13.7. The van der Waals surface area contributed by atoms with Crippen molar-refractivity contribution in [3.05, 3.63) is 0 Å². The minimum Gasteiger partial charge on any atom is -0.274 e. The van der Waals surface area contributed by atoms with E-state index in [2.05, 4.69) is 27.7 Å². The van der Waals surface area contributed by atoms with Gasteiger partial charge in [0.2, 0.25) is 11.8 Å². The molecule has 1 aliphatic rings. The summed E-state index contributed by atoms with van der Waals surface area (Å²) in [7, 11) is 0. The maximum absolute atomic E-state index is 12.4. The molecule has 1 unspecified atom stereocenters. The molecule has 3 nitrogen and oxygen atoms in total. The molecule has 0 N–H and O–H groups in total. The Morgan fingerprint density at radius 2 is 1.72 bits per heavy atom. The van der Waals surface area contributed by atoms with E-state index in [9.17, 15) is 9.59 Å². The van der Waals surface area contributed by atoms with Gasteiger partial charge in [0.1, 0.15) is 0 Å². The number of carbonyl (C=O) groups is 2. The lowest BCUT2D eigenvalue weighted by molar-refractivity contribution is -0.141. The third-order valence-electron chi connectivity index (χ3n) is 2.60. The molecule has 0 radical (unpaired) electrons. The predicted molar refractivity (Wildman–Crippen MR) is 79.8 cm³/mol. The Morgan fingerprint density at radius 1 is 1.17 bits per heavy atom. The number of hydrogen-bond acceptors (Lipinski definition) is 4. The molecule has 1 rings (SSSR count). The maximum Gasteiger partial charge on any atom is 0.243 e. The first-order valence-corrected chi connectivity index (χ1v) is 8.17. The van der Waals surface area contributed by atoms with E-state index in [0.29, 0.717) is 16.9 Å². The third-order valence-corrected chi connectivity index (χ3v) is 5.08. The van der Waals surface area contributed by atoms with Gasteiger partial charge >= 0.3 is 0 Å². The van der Waals surface area contributed by atoms with Crippen LogP contribution in [0.5, 0.6) is 0 Å². The highest BCUT2D eigenvalue weighted by atomic mass is 32.2. The average molecular weight is 289 g/mol. The number of nitrogens with zero attached hydrogens (tertiary/aromatic N) is 1. The van der Waals surface area contributed by atoms with Crippen molar-refractivity contribution in [2.75, 3.05) is 0 Å². The van der Waals surface area contributed by atoms with Crippen LogP contribution >= 0.6 is 23.5 Å². The molecule has 0 aromatic rings. The molecule has 0 aliphatic carbocycles. The second-order valence-corrected chi connectivity index (χ2v) is 9.52. The van der Waals surface area contributed by atoms with Gasteiger partial charge in [0.25, 0.3) is 0 Å². The predicted octanol–water partition coefficient (Wildman–Crippen LogP) is 3.13. The molecule has 0 bridgehead atoms. The van der Waals surface area contributed by atoms with E-state index in [4.69, 9.17) is 0 Å². The van der Waals surface area contributed by atoms with Crippen molar-refractivity contribution < 1.29 is 9.59 Å². The van der Waals surface area contributed by atoms with Gasteiger partial charge in [0, 0.05) is 11.7 Å². The van der Waals surface area contributed by atoms with Crippen LogP contribution in [0.2, 0.25) is 0 Å². The van der Waals surface area contributed by atoms with Crippen LogP contribution in [0.4, 0.5) is 0 Å². The average Bonchev–Trinajstić information content (AvgIpc) is 2.38. The zero-order chi connectivity index (χ0) is 14.1. The minimum absolute atomic E-state index is 0.0168. The summed E-state index contributed by atoms with van der Waals surface area (Å²) in [6.45, 7) is 12.2. The van der Waals surface area contributed by atoms with Gasteiger partial charge in [0.05, 0.1) is 10.1 Å². The van der Waals surface area contributed by atoms with Crippen LogP contribution < -0.4 is 0 Å². The molecule has 1 aliphatic heterocycles. The molecular formula is C13H23NO2S2. The summed E-state index contributed by atoms with van der Waals surface area (Å²) in [4.78, 5) is 25.5. The van der Waals surface area contributed by atoms with Crippen molar-refractivity contribution >= 4 is 35.3 Å². The van der Waals surface area contributed by atoms with Gasteiger partial charge in [-0.1, -0.05) is 27.7 Å². The lowest BCUT2D eigenvalue weighted by Gasteiger charge is -2.35. The van der Waals surface area contributed by atoms with Gasteiger partial charge in [-0.2, -0.15) is 0 Å². The van der Waals surface area contributed by atoms with Crippen LogP contribution in [0.15, 0.2) is 0 Å².